The van der Waals surface area contributed by atoms with Crippen LogP contribution in [-0.2, 0) is 19.6 Å². The highest BCUT2D eigenvalue weighted by atomic mass is 32.2. The second-order valence-corrected chi connectivity index (χ2v) is 5.60. The highest BCUT2D eigenvalue weighted by Gasteiger charge is 2.11. The first-order valence-electron chi connectivity index (χ1n) is 5.75. The fourth-order valence-corrected chi connectivity index (χ4v) is 2.09. The van der Waals surface area contributed by atoms with Crippen LogP contribution in [0.5, 0.6) is 0 Å². The van der Waals surface area contributed by atoms with Gasteiger partial charge in [0.2, 0.25) is 10.0 Å². The van der Waals surface area contributed by atoms with Crippen LogP contribution >= 0.6 is 0 Å². The molecule has 0 spiro atoms. The van der Waals surface area contributed by atoms with E-state index in [2.05, 4.69) is 11.6 Å². The molecule has 0 aromatic heterocycles. The van der Waals surface area contributed by atoms with Gasteiger partial charge in [-0.2, -0.15) is 0 Å². The van der Waals surface area contributed by atoms with Crippen molar-refractivity contribution in [2.24, 2.45) is 0 Å². The molecule has 0 aromatic rings. The molecule has 2 N–H and O–H groups in total. The van der Waals surface area contributed by atoms with Gasteiger partial charge in [0.25, 0.3) is 0 Å². The number of sulfonamides is 1. The number of carboxylic acids is 1. The number of ether oxygens (including phenoxy) is 1. The van der Waals surface area contributed by atoms with Crippen LogP contribution in [0.15, 0.2) is 0 Å². The molecule has 102 valence electrons. The fourth-order valence-electron chi connectivity index (χ4n) is 1.04. The normalized spacial score (nSPS) is 11.6. The zero-order chi connectivity index (χ0) is 13.1. The predicted molar refractivity (Wildman–Crippen MR) is 64.4 cm³/mol. The van der Waals surface area contributed by atoms with Crippen LogP contribution < -0.4 is 4.72 Å². The Morgan fingerprint density at radius 1 is 1.29 bits per heavy atom. The average Bonchev–Trinajstić information content (AvgIpc) is 2.25. The van der Waals surface area contributed by atoms with Gasteiger partial charge >= 0.3 is 5.97 Å². The van der Waals surface area contributed by atoms with Crippen LogP contribution in [0, 0.1) is 0 Å². The number of hydrogen-bond acceptors (Lipinski definition) is 4. The van der Waals surface area contributed by atoms with Gasteiger partial charge < -0.3 is 9.84 Å². The van der Waals surface area contributed by atoms with Crippen molar-refractivity contribution in [1.29, 1.82) is 0 Å². The quantitative estimate of drug-likeness (QED) is 0.534. The summed E-state index contributed by atoms with van der Waals surface area (Å²) >= 11 is 0. The third-order valence-corrected chi connectivity index (χ3v) is 3.40. The molecule has 0 bridgehead atoms. The van der Waals surface area contributed by atoms with E-state index >= 15 is 0 Å². The molecule has 17 heavy (non-hydrogen) atoms. The van der Waals surface area contributed by atoms with E-state index in [1.54, 1.807) is 0 Å². The van der Waals surface area contributed by atoms with Gasteiger partial charge in [0.05, 0.1) is 12.2 Å². The van der Waals surface area contributed by atoms with Gasteiger partial charge in [-0.05, 0) is 12.8 Å². The Kier molecular flexibility index (Phi) is 9.01. The van der Waals surface area contributed by atoms with Gasteiger partial charge in [-0.25, -0.2) is 13.1 Å². The molecule has 0 amide bonds. The number of hydrogen-bond donors (Lipinski definition) is 2. The van der Waals surface area contributed by atoms with Crippen molar-refractivity contribution in [1.82, 2.24) is 4.72 Å². The highest BCUT2D eigenvalue weighted by molar-refractivity contribution is 7.89. The van der Waals surface area contributed by atoms with E-state index in [1.807, 2.05) is 0 Å². The molecule has 6 nitrogen and oxygen atoms in total. The predicted octanol–water partition coefficient (Wildman–Crippen LogP) is 0.587. The van der Waals surface area contributed by atoms with E-state index in [1.165, 1.54) is 0 Å². The molecule has 0 heterocycles. The largest absolute Gasteiger partial charge is 0.481 e. The lowest BCUT2D eigenvalue weighted by Crippen LogP contribution is -2.29. The molecule has 0 fully saturated rings. The summed E-state index contributed by atoms with van der Waals surface area (Å²) in [4.78, 5) is 10.2. The van der Waals surface area contributed by atoms with Crippen molar-refractivity contribution in [3.8, 4) is 0 Å². The lowest BCUT2D eigenvalue weighted by molar-refractivity contribution is -0.136. The molecule has 0 saturated heterocycles. The van der Waals surface area contributed by atoms with Gasteiger partial charge in [0.15, 0.2) is 0 Å². The van der Waals surface area contributed by atoms with Crippen molar-refractivity contribution in [2.45, 2.75) is 32.6 Å². The van der Waals surface area contributed by atoms with Crippen LogP contribution in [0.4, 0.5) is 0 Å². The smallest absolute Gasteiger partial charge is 0.304 e. The average molecular weight is 267 g/mol. The summed E-state index contributed by atoms with van der Waals surface area (Å²) in [6.07, 6.45) is 2.30. The van der Waals surface area contributed by atoms with Crippen molar-refractivity contribution in [3.05, 3.63) is 0 Å². The zero-order valence-corrected chi connectivity index (χ0v) is 11.0. The van der Waals surface area contributed by atoms with Gasteiger partial charge in [-0.1, -0.05) is 13.3 Å². The zero-order valence-electron chi connectivity index (χ0n) is 10.1. The number of carbonyl (C=O) groups is 1. The Morgan fingerprint density at radius 3 is 2.53 bits per heavy atom. The van der Waals surface area contributed by atoms with E-state index in [4.69, 9.17) is 9.84 Å². The summed E-state index contributed by atoms with van der Waals surface area (Å²) in [5.41, 5.74) is 0. The Hall–Kier alpha value is -0.660. The third-order valence-electron chi connectivity index (χ3n) is 2.01. The fraction of sp³-hybridized carbons (Fsp3) is 0.900. The van der Waals surface area contributed by atoms with Gasteiger partial charge in [0.1, 0.15) is 0 Å². The Morgan fingerprint density at radius 2 is 1.94 bits per heavy atom. The van der Waals surface area contributed by atoms with Crippen molar-refractivity contribution in [2.75, 3.05) is 25.5 Å². The number of rotatable bonds is 11. The van der Waals surface area contributed by atoms with Crippen LogP contribution in [-0.4, -0.2) is 45.0 Å². The first kappa shape index (κ1) is 16.3. The molecular weight excluding hydrogens is 246 g/mol. The summed E-state index contributed by atoms with van der Waals surface area (Å²) in [5.74, 6) is -1.49. The number of aliphatic carboxylic acids is 1. The topological polar surface area (TPSA) is 92.7 Å². The summed E-state index contributed by atoms with van der Waals surface area (Å²) in [5, 5.41) is 8.36. The molecule has 0 aliphatic rings. The lowest BCUT2D eigenvalue weighted by Gasteiger charge is -2.06. The molecule has 0 aliphatic carbocycles. The Balaban J connectivity index is 3.49. The van der Waals surface area contributed by atoms with E-state index in [0.717, 1.165) is 12.8 Å². The second-order valence-electron chi connectivity index (χ2n) is 3.68. The Bertz CT molecular complexity index is 302. The van der Waals surface area contributed by atoms with E-state index in [9.17, 15) is 13.2 Å². The van der Waals surface area contributed by atoms with Gasteiger partial charge in [-0.3, -0.25) is 4.79 Å². The summed E-state index contributed by atoms with van der Waals surface area (Å²) in [7, 11) is -3.46. The van der Waals surface area contributed by atoms with E-state index in [-0.39, 0.29) is 18.7 Å². The first-order chi connectivity index (χ1) is 7.98. The molecule has 0 aliphatic heterocycles. The number of nitrogens with one attached hydrogen (secondary N) is 1. The maximum Gasteiger partial charge on any atom is 0.304 e. The lowest BCUT2D eigenvalue weighted by atomic mass is 10.4. The molecule has 0 aromatic carbocycles. The molecule has 0 rings (SSSR count). The maximum atomic E-state index is 11.3. The minimum Gasteiger partial charge on any atom is -0.481 e. The molecular formula is C10H21NO5S. The molecule has 0 radical (unpaired) electrons. The maximum absolute atomic E-state index is 11.3. The summed E-state index contributed by atoms with van der Waals surface area (Å²) < 4.78 is 30.1. The highest BCUT2D eigenvalue weighted by Crippen LogP contribution is 1.92. The van der Waals surface area contributed by atoms with Gasteiger partial charge in [0, 0.05) is 19.8 Å². The molecule has 0 saturated carbocycles. The minimum atomic E-state index is -3.46. The van der Waals surface area contributed by atoms with E-state index in [0.29, 0.717) is 19.6 Å². The molecule has 0 atom stereocenters. The second kappa shape index (κ2) is 9.38. The molecule has 7 heteroatoms. The minimum absolute atomic E-state index is 0.286. The summed E-state index contributed by atoms with van der Waals surface area (Å²) in [6, 6.07) is 0. The van der Waals surface area contributed by atoms with Gasteiger partial charge in [-0.15, -0.1) is 0 Å². The van der Waals surface area contributed by atoms with Crippen molar-refractivity contribution in [3.63, 3.8) is 0 Å². The monoisotopic (exact) mass is 267 g/mol. The Labute approximate surface area is 102 Å². The van der Waals surface area contributed by atoms with E-state index < -0.39 is 16.0 Å². The number of carboxylic acid groups (broad SMARTS) is 1. The SMILES string of the molecule is CCCCOCCCNS(=O)(=O)CCC(=O)O. The summed E-state index contributed by atoms with van der Waals surface area (Å²) in [6.45, 7) is 3.57. The van der Waals surface area contributed by atoms with Crippen molar-refractivity contribution < 1.29 is 23.1 Å². The number of unbranched alkanes of at least 4 members (excludes halogenated alkanes) is 1. The van der Waals surface area contributed by atoms with Crippen LogP contribution in [0.3, 0.4) is 0 Å². The standard InChI is InChI=1S/C10H21NO5S/c1-2-3-7-16-8-4-6-11-17(14,15)9-5-10(12)13/h11H,2-9H2,1H3,(H,12,13). The molecule has 0 unspecified atom stereocenters. The van der Waals surface area contributed by atoms with Crippen LogP contribution in [0.1, 0.15) is 32.6 Å². The van der Waals surface area contributed by atoms with Crippen LogP contribution in [0.2, 0.25) is 0 Å². The van der Waals surface area contributed by atoms with Crippen molar-refractivity contribution >= 4 is 16.0 Å². The third kappa shape index (κ3) is 11.6. The van der Waals surface area contributed by atoms with Crippen LogP contribution in [0.25, 0.3) is 0 Å². The first-order valence-corrected chi connectivity index (χ1v) is 7.40.